The molecular weight excluding hydrogens is 316 g/mol. The first-order valence-electron chi connectivity index (χ1n) is 8.77. The summed E-state index contributed by atoms with van der Waals surface area (Å²) in [5.41, 5.74) is 3.09. The molecule has 132 valence electrons. The fourth-order valence-electron chi connectivity index (χ4n) is 3.79. The van der Waals surface area contributed by atoms with Gasteiger partial charge in [0.25, 0.3) is 0 Å². The largest absolute Gasteiger partial charge is 0.385 e. The maximum absolute atomic E-state index is 10.7. The molecule has 1 saturated heterocycles. The first kappa shape index (κ1) is 16.1. The fourth-order valence-corrected chi connectivity index (χ4v) is 3.79. The van der Waals surface area contributed by atoms with Crippen molar-refractivity contribution in [2.45, 2.75) is 32.8 Å². The Morgan fingerprint density at radius 2 is 1.96 bits per heavy atom. The summed E-state index contributed by atoms with van der Waals surface area (Å²) in [6.45, 7) is 5.94. The molecule has 0 radical (unpaired) electrons. The van der Waals surface area contributed by atoms with Gasteiger partial charge in [-0.3, -0.25) is 0 Å². The number of aliphatic hydroxyl groups excluding tert-OH is 1. The zero-order chi connectivity index (χ0) is 17.6. The molecule has 4 rings (SSSR count). The van der Waals surface area contributed by atoms with Crippen molar-refractivity contribution in [3.8, 4) is 0 Å². The van der Waals surface area contributed by atoms with Crippen LogP contribution in [0.1, 0.15) is 36.0 Å². The van der Waals surface area contributed by atoms with E-state index in [4.69, 9.17) is 0 Å². The van der Waals surface area contributed by atoms with E-state index in [1.165, 1.54) is 5.56 Å². The van der Waals surface area contributed by atoms with Crippen LogP contribution < -0.4 is 4.90 Å². The molecule has 1 fully saturated rings. The van der Waals surface area contributed by atoms with E-state index < -0.39 is 6.10 Å². The molecular formula is C18H24N6O. The van der Waals surface area contributed by atoms with E-state index in [-0.39, 0.29) is 5.92 Å². The molecule has 0 aromatic carbocycles. The highest BCUT2D eigenvalue weighted by Crippen LogP contribution is 2.33. The second-order valence-corrected chi connectivity index (χ2v) is 6.91. The average molecular weight is 340 g/mol. The summed E-state index contributed by atoms with van der Waals surface area (Å²) in [5.74, 6) is 2.11. The van der Waals surface area contributed by atoms with E-state index in [1.807, 2.05) is 35.3 Å². The highest BCUT2D eigenvalue weighted by Gasteiger charge is 2.30. The summed E-state index contributed by atoms with van der Waals surface area (Å²) < 4.78 is 3.83. The molecule has 3 aromatic rings. The Labute approximate surface area is 146 Å². The SMILES string of the molecule is Cc1nc2ccnn2c(N2CCC(C(O)c3nccn3C)CC2)c1C. The molecule has 1 N–H and O–H groups in total. The number of hydrogen-bond donors (Lipinski definition) is 1. The van der Waals surface area contributed by atoms with Crippen molar-refractivity contribution >= 4 is 11.5 Å². The van der Waals surface area contributed by atoms with Crippen molar-refractivity contribution in [1.29, 1.82) is 0 Å². The van der Waals surface area contributed by atoms with Gasteiger partial charge in [-0.25, -0.2) is 9.97 Å². The van der Waals surface area contributed by atoms with Crippen LogP contribution in [0.4, 0.5) is 5.82 Å². The van der Waals surface area contributed by atoms with Crippen molar-refractivity contribution in [3.05, 3.63) is 41.7 Å². The molecule has 7 nitrogen and oxygen atoms in total. The summed E-state index contributed by atoms with van der Waals surface area (Å²) >= 11 is 0. The summed E-state index contributed by atoms with van der Waals surface area (Å²) in [6.07, 6.45) is 6.76. The third-order valence-corrected chi connectivity index (χ3v) is 5.39. The van der Waals surface area contributed by atoms with Gasteiger partial charge in [0.05, 0.1) is 6.20 Å². The molecule has 0 saturated carbocycles. The number of hydrogen-bond acceptors (Lipinski definition) is 5. The van der Waals surface area contributed by atoms with E-state index in [1.54, 1.807) is 12.4 Å². The maximum atomic E-state index is 10.7. The van der Waals surface area contributed by atoms with Crippen molar-refractivity contribution in [2.75, 3.05) is 18.0 Å². The predicted octanol–water partition coefficient (Wildman–Crippen LogP) is 2.03. The molecule has 0 spiro atoms. The van der Waals surface area contributed by atoms with Gasteiger partial charge in [0.15, 0.2) is 5.65 Å². The molecule has 1 aliphatic rings. The normalized spacial score (nSPS) is 17.4. The molecule has 1 atom stereocenters. The summed E-state index contributed by atoms with van der Waals surface area (Å²) in [7, 11) is 1.93. The monoisotopic (exact) mass is 340 g/mol. The highest BCUT2D eigenvalue weighted by molar-refractivity contribution is 5.56. The quantitative estimate of drug-likeness (QED) is 0.790. The second-order valence-electron chi connectivity index (χ2n) is 6.91. The topological polar surface area (TPSA) is 71.5 Å². The van der Waals surface area contributed by atoms with Crippen LogP contribution in [-0.2, 0) is 7.05 Å². The number of rotatable bonds is 3. The van der Waals surface area contributed by atoms with Crippen LogP contribution >= 0.6 is 0 Å². The number of piperidine rings is 1. The van der Waals surface area contributed by atoms with E-state index in [9.17, 15) is 5.11 Å². The molecule has 0 aliphatic carbocycles. The summed E-state index contributed by atoms with van der Waals surface area (Å²) in [6, 6.07) is 1.94. The van der Waals surface area contributed by atoms with Crippen LogP contribution in [0.25, 0.3) is 5.65 Å². The molecule has 1 aliphatic heterocycles. The molecule has 4 heterocycles. The van der Waals surface area contributed by atoms with Gasteiger partial charge < -0.3 is 14.6 Å². The minimum absolute atomic E-state index is 0.230. The van der Waals surface area contributed by atoms with Gasteiger partial charge >= 0.3 is 0 Å². The Bertz CT molecular complexity index is 890. The molecule has 0 bridgehead atoms. The van der Waals surface area contributed by atoms with Gasteiger partial charge in [-0.2, -0.15) is 9.61 Å². The van der Waals surface area contributed by atoms with Gasteiger partial charge in [0.1, 0.15) is 17.7 Å². The van der Waals surface area contributed by atoms with E-state index >= 15 is 0 Å². The summed E-state index contributed by atoms with van der Waals surface area (Å²) in [4.78, 5) is 11.3. The summed E-state index contributed by atoms with van der Waals surface area (Å²) in [5, 5.41) is 15.1. The number of anilines is 1. The second kappa shape index (κ2) is 6.15. The van der Waals surface area contributed by atoms with E-state index in [2.05, 4.69) is 26.9 Å². The van der Waals surface area contributed by atoms with Crippen LogP contribution in [0.15, 0.2) is 24.7 Å². The van der Waals surface area contributed by atoms with Crippen molar-refractivity contribution < 1.29 is 5.11 Å². The molecule has 25 heavy (non-hydrogen) atoms. The maximum Gasteiger partial charge on any atom is 0.157 e. The molecule has 7 heteroatoms. The number of aliphatic hydroxyl groups is 1. The predicted molar refractivity (Wildman–Crippen MR) is 95.6 cm³/mol. The van der Waals surface area contributed by atoms with Crippen LogP contribution in [0.3, 0.4) is 0 Å². The van der Waals surface area contributed by atoms with E-state index in [0.717, 1.165) is 48.9 Å². The molecule has 3 aromatic heterocycles. The number of aromatic nitrogens is 5. The minimum Gasteiger partial charge on any atom is -0.385 e. The van der Waals surface area contributed by atoms with Crippen LogP contribution in [0, 0.1) is 19.8 Å². The average Bonchev–Trinajstić information content (AvgIpc) is 3.24. The zero-order valence-electron chi connectivity index (χ0n) is 14.9. The third-order valence-electron chi connectivity index (χ3n) is 5.39. The molecule has 1 unspecified atom stereocenters. The van der Waals surface area contributed by atoms with Crippen molar-refractivity contribution in [1.82, 2.24) is 24.1 Å². The molecule has 0 amide bonds. The number of imidazole rings is 1. The Hall–Kier alpha value is -2.41. The van der Waals surface area contributed by atoms with E-state index in [0.29, 0.717) is 0 Å². The van der Waals surface area contributed by atoms with Crippen molar-refractivity contribution in [3.63, 3.8) is 0 Å². The van der Waals surface area contributed by atoms with Crippen LogP contribution in [0.5, 0.6) is 0 Å². The lowest BCUT2D eigenvalue weighted by atomic mass is 9.90. The fraction of sp³-hybridized carbons (Fsp3) is 0.500. The Morgan fingerprint density at radius 3 is 2.64 bits per heavy atom. The van der Waals surface area contributed by atoms with Crippen molar-refractivity contribution in [2.24, 2.45) is 13.0 Å². The lowest BCUT2D eigenvalue weighted by molar-refractivity contribution is 0.0823. The van der Waals surface area contributed by atoms with Gasteiger partial charge in [0, 0.05) is 49.9 Å². The lowest BCUT2D eigenvalue weighted by Crippen LogP contribution is -2.37. The third kappa shape index (κ3) is 2.68. The minimum atomic E-state index is -0.507. The number of nitrogens with zero attached hydrogens (tertiary/aromatic N) is 6. The van der Waals surface area contributed by atoms with Crippen LogP contribution in [-0.4, -0.2) is 42.3 Å². The smallest absolute Gasteiger partial charge is 0.157 e. The Balaban J connectivity index is 1.56. The van der Waals surface area contributed by atoms with Gasteiger partial charge in [-0.15, -0.1) is 0 Å². The number of aryl methyl sites for hydroxylation is 2. The van der Waals surface area contributed by atoms with Gasteiger partial charge in [-0.05, 0) is 32.6 Å². The zero-order valence-corrected chi connectivity index (χ0v) is 14.9. The first-order valence-corrected chi connectivity index (χ1v) is 8.77. The van der Waals surface area contributed by atoms with Gasteiger partial charge in [-0.1, -0.05) is 0 Å². The van der Waals surface area contributed by atoms with Gasteiger partial charge in [0.2, 0.25) is 0 Å². The highest BCUT2D eigenvalue weighted by atomic mass is 16.3. The lowest BCUT2D eigenvalue weighted by Gasteiger charge is -2.36. The Morgan fingerprint density at radius 1 is 1.20 bits per heavy atom. The van der Waals surface area contributed by atoms with Crippen LogP contribution in [0.2, 0.25) is 0 Å². The standard InChI is InChI=1S/C18H24N6O/c1-12-13(2)21-15-4-7-20-24(15)18(12)23-9-5-14(6-10-23)16(25)17-19-8-11-22(17)3/h4,7-8,11,14,16,25H,5-6,9-10H2,1-3H3. The Kier molecular flexibility index (Phi) is 3.95. The first-order chi connectivity index (χ1) is 12.1. The number of fused-ring (bicyclic) bond motifs is 1.